The van der Waals surface area contributed by atoms with Crippen molar-refractivity contribution in [1.82, 2.24) is 9.13 Å². The molecule has 6 nitrogen and oxygen atoms in total. The van der Waals surface area contributed by atoms with Crippen molar-refractivity contribution < 1.29 is 9.18 Å². The van der Waals surface area contributed by atoms with Crippen LogP contribution in [0.5, 0.6) is 0 Å². The molecule has 4 rings (SSSR count). The molecule has 2 aromatic carbocycles. The minimum Gasteiger partial charge on any atom is -0.325 e. The fourth-order valence-corrected chi connectivity index (χ4v) is 4.29. The molecule has 152 valence electrons. The second-order valence-corrected chi connectivity index (χ2v) is 8.46. The lowest BCUT2D eigenvalue weighted by Crippen LogP contribution is -2.40. The maximum atomic E-state index is 13.5. The van der Waals surface area contributed by atoms with E-state index in [0.717, 1.165) is 9.04 Å². The Morgan fingerprint density at radius 3 is 2.57 bits per heavy atom. The standard InChI is InChI=1S/C21H15BrFN3O3S/c1-12-10-14(23)4-7-16(12)26-20(28)19-17(8-9-30-19)25(21(26)29)11-18(27)24-15-5-2-13(22)3-6-15/h2-10H,11H2,1H3,(H,24,27). The smallest absolute Gasteiger partial charge is 0.325 e. The first-order valence-electron chi connectivity index (χ1n) is 8.90. The van der Waals surface area contributed by atoms with Gasteiger partial charge < -0.3 is 5.32 Å². The van der Waals surface area contributed by atoms with E-state index in [1.54, 1.807) is 42.6 Å². The minimum absolute atomic E-state index is 0.275. The summed E-state index contributed by atoms with van der Waals surface area (Å²) in [6, 6.07) is 12.5. The number of carbonyl (C=O) groups excluding carboxylic acids is 1. The molecule has 0 saturated heterocycles. The molecule has 0 spiro atoms. The first-order valence-corrected chi connectivity index (χ1v) is 10.6. The number of amides is 1. The molecule has 0 radical (unpaired) electrons. The molecule has 0 saturated carbocycles. The van der Waals surface area contributed by atoms with Gasteiger partial charge in [-0.1, -0.05) is 15.9 Å². The molecule has 0 atom stereocenters. The number of hydrogen-bond donors (Lipinski definition) is 1. The average molecular weight is 488 g/mol. The SMILES string of the molecule is Cc1cc(F)ccc1-n1c(=O)c2sccc2n(CC(=O)Nc2ccc(Br)cc2)c1=O. The molecule has 0 aliphatic rings. The highest BCUT2D eigenvalue weighted by atomic mass is 79.9. The van der Waals surface area contributed by atoms with E-state index in [0.29, 0.717) is 21.5 Å². The van der Waals surface area contributed by atoms with Crippen molar-refractivity contribution in [3.05, 3.63) is 90.6 Å². The predicted molar refractivity (Wildman–Crippen MR) is 119 cm³/mol. The third-order valence-electron chi connectivity index (χ3n) is 4.58. The third kappa shape index (κ3) is 3.73. The number of thiophene rings is 1. The number of aromatic nitrogens is 2. The van der Waals surface area contributed by atoms with E-state index in [1.165, 1.54) is 34.1 Å². The maximum Gasteiger partial charge on any atom is 0.336 e. The zero-order chi connectivity index (χ0) is 21.4. The lowest BCUT2D eigenvalue weighted by Gasteiger charge is -2.14. The normalized spacial score (nSPS) is 11.0. The lowest BCUT2D eigenvalue weighted by atomic mass is 10.2. The zero-order valence-electron chi connectivity index (χ0n) is 15.7. The molecule has 4 aromatic rings. The molecule has 0 aliphatic heterocycles. The number of hydrogen-bond acceptors (Lipinski definition) is 4. The van der Waals surface area contributed by atoms with E-state index in [4.69, 9.17) is 0 Å². The van der Waals surface area contributed by atoms with Crippen LogP contribution in [0.3, 0.4) is 0 Å². The topological polar surface area (TPSA) is 73.1 Å². The Kier molecular flexibility index (Phi) is 5.40. The van der Waals surface area contributed by atoms with Crippen LogP contribution in [-0.2, 0) is 11.3 Å². The van der Waals surface area contributed by atoms with Crippen molar-refractivity contribution in [2.45, 2.75) is 13.5 Å². The van der Waals surface area contributed by atoms with Crippen molar-refractivity contribution in [1.29, 1.82) is 0 Å². The Morgan fingerprint density at radius 2 is 1.87 bits per heavy atom. The van der Waals surface area contributed by atoms with E-state index in [2.05, 4.69) is 21.2 Å². The molecular formula is C21H15BrFN3O3S. The van der Waals surface area contributed by atoms with Crippen molar-refractivity contribution in [2.24, 2.45) is 0 Å². The molecule has 2 aromatic heterocycles. The van der Waals surface area contributed by atoms with Crippen molar-refractivity contribution in [3.8, 4) is 5.69 Å². The minimum atomic E-state index is -0.661. The Balaban J connectivity index is 1.81. The van der Waals surface area contributed by atoms with Gasteiger partial charge in [0, 0.05) is 10.2 Å². The summed E-state index contributed by atoms with van der Waals surface area (Å²) in [6.45, 7) is 1.34. The van der Waals surface area contributed by atoms with Crippen molar-refractivity contribution in [3.63, 3.8) is 0 Å². The Labute approximate surface area is 182 Å². The summed E-state index contributed by atoms with van der Waals surface area (Å²) in [5.41, 5.74) is 0.535. The van der Waals surface area contributed by atoms with Crippen molar-refractivity contribution >= 4 is 49.1 Å². The van der Waals surface area contributed by atoms with Crippen LogP contribution in [0.2, 0.25) is 0 Å². The maximum absolute atomic E-state index is 13.5. The van der Waals surface area contributed by atoms with Crippen LogP contribution in [0.15, 0.2) is 68.0 Å². The summed E-state index contributed by atoms with van der Waals surface area (Å²) >= 11 is 4.52. The van der Waals surface area contributed by atoms with Crippen LogP contribution >= 0.6 is 27.3 Å². The Bertz CT molecular complexity index is 1390. The third-order valence-corrected chi connectivity index (χ3v) is 6.00. The summed E-state index contributed by atoms with van der Waals surface area (Å²) in [4.78, 5) is 38.8. The Hall–Kier alpha value is -3.04. The summed E-state index contributed by atoms with van der Waals surface area (Å²) < 4.78 is 17.0. The van der Waals surface area contributed by atoms with Gasteiger partial charge in [-0.3, -0.25) is 14.2 Å². The quantitative estimate of drug-likeness (QED) is 0.471. The van der Waals surface area contributed by atoms with Gasteiger partial charge in [0.2, 0.25) is 5.91 Å². The fourth-order valence-electron chi connectivity index (χ4n) is 3.20. The zero-order valence-corrected chi connectivity index (χ0v) is 18.1. The van der Waals surface area contributed by atoms with Gasteiger partial charge in [0.05, 0.1) is 11.2 Å². The van der Waals surface area contributed by atoms with Crippen LogP contribution < -0.4 is 16.6 Å². The van der Waals surface area contributed by atoms with Gasteiger partial charge in [0.15, 0.2) is 0 Å². The lowest BCUT2D eigenvalue weighted by molar-refractivity contribution is -0.116. The highest BCUT2D eigenvalue weighted by molar-refractivity contribution is 9.10. The monoisotopic (exact) mass is 487 g/mol. The number of carbonyl (C=O) groups is 1. The predicted octanol–water partition coefficient (Wildman–Crippen LogP) is 4.06. The number of benzene rings is 2. The van der Waals surface area contributed by atoms with Gasteiger partial charge in [0.25, 0.3) is 5.56 Å². The van der Waals surface area contributed by atoms with Crippen LogP contribution in [0.1, 0.15) is 5.56 Å². The highest BCUT2D eigenvalue weighted by Gasteiger charge is 2.18. The molecule has 9 heteroatoms. The number of rotatable bonds is 4. The van der Waals surface area contributed by atoms with Crippen LogP contribution in [0, 0.1) is 12.7 Å². The number of fused-ring (bicyclic) bond motifs is 1. The number of halogens is 2. The summed E-state index contributed by atoms with van der Waals surface area (Å²) in [6.07, 6.45) is 0. The van der Waals surface area contributed by atoms with E-state index in [-0.39, 0.29) is 12.2 Å². The van der Waals surface area contributed by atoms with E-state index in [9.17, 15) is 18.8 Å². The Morgan fingerprint density at radius 1 is 1.13 bits per heavy atom. The summed E-state index contributed by atoms with van der Waals surface area (Å²) in [7, 11) is 0. The molecule has 2 heterocycles. The van der Waals surface area contributed by atoms with Crippen LogP contribution in [0.25, 0.3) is 15.9 Å². The van der Waals surface area contributed by atoms with Crippen molar-refractivity contribution in [2.75, 3.05) is 5.32 Å². The van der Waals surface area contributed by atoms with Gasteiger partial charge in [0.1, 0.15) is 17.1 Å². The van der Waals surface area contributed by atoms with Crippen LogP contribution in [0.4, 0.5) is 10.1 Å². The second-order valence-electron chi connectivity index (χ2n) is 6.63. The molecule has 0 unspecified atom stereocenters. The first-order chi connectivity index (χ1) is 14.3. The number of nitrogens with zero attached hydrogens (tertiary/aromatic N) is 2. The number of aryl methyl sites for hydroxylation is 1. The molecule has 0 aliphatic carbocycles. The summed E-state index contributed by atoms with van der Waals surface area (Å²) in [5.74, 6) is -0.872. The van der Waals surface area contributed by atoms with Crippen LogP contribution in [-0.4, -0.2) is 15.0 Å². The molecule has 1 amide bonds. The number of anilines is 1. The highest BCUT2D eigenvalue weighted by Crippen LogP contribution is 2.19. The fraction of sp³-hybridized carbons (Fsp3) is 0.0952. The van der Waals surface area contributed by atoms with Gasteiger partial charge in [-0.25, -0.2) is 13.8 Å². The van der Waals surface area contributed by atoms with Gasteiger partial charge in [-0.2, -0.15) is 0 Å². The molecule has 1 N–H and O–H groups in total. The second kappa shape index (κ2) is 8.00. The van der Waals surface area contributed by atoms with Gasteiger partial charge >= 0.3 is 5.69 Å². The molecular weight excluding hydrogens is 473 g/mol. The molecule has 30 heavy (non-hydrogen) atoms. The van der Waals surface area contributed by atoms with E-state index >= 15 is 0 Å². The molecule has 0 fully saturated rings. The van der Waals surface area contributed by atoms with Gasteiger partial charge in [-0.05, 0) is 66.4 Å². The van der Waals surface area contributed by atoms with E-state index < -0.39 is 23.0 Å². The van der Waals surface area contributed by atoms with Gasteiger partial charge in [-0.15, -0.1) is 11.3 Å². The average Bonchev–Trinajstić information content (AvgIpc) is 3.19. The largest absolute Gasteiger partial charge is 0.336 e. The summed E-state index contributed by atoms with van der Waals surface area (Å²) in [5, 5.41) is 4.43. The molecule has 0 bridgehead atoms. The van der Waals surface area contributed by atoms with E-state index in [1.807, 2.05) is 0 Å². The first kappa shape index (κ1) is 20.2. The number of nitrogens with one attached hydrogen (secondary N) is 1.